The summed E-state index contributed by atoms with van der Waals surface area (Å²) in [4.78, 5) is 0. The van der Waals surface area contributed by atoms with Crippen molar-refractivity contribution in [2.75, 3.05) is 0 Å². The number of rotatable bonds is 3. The van der Waals surface area contributed by atoms with Crippen molar-refractivity contribution in [3.8, 4) is 11.5 Å². The first-order chi connectivity index (χ1) is 8.97. The van der Waals surface area contributed by atoms with E-state index in [1.54, 1.807) is 6.07 Å². The summed E-state index contributed by atoms with van der Waals surface area (Å²) in [7, 11) is 0. The van der Waals surface area contributed by atoms with Crippen LogP contribution < -0.4 is 10.5 Å². The van der Waals surface area contributed by atoms with E-state index in [-0.39, 0.29) is 11.1 Å². The summed E-state index contributed by atoms with van der Waals surface area (Å²) in [5.41, 5.74) is 6.79. The van der Waals surface area contributed by atoms with Gasteiger partial charge in [0.1, 0.15) is 17.3 Å². The van der Waals surface area contributed by atoms with Crippen molar-refractivity contribution < 1.29 is 9.13 Å². The lowest BCUT2D eigenvalue weighted by Gasteiger charge is -2.12. The fourth-order valence-electron chi connectivity index (χ4n) is 1.56. The van der Waals surface area contributed by atoms with Gasteiger partial charge in [0.05, 0.1) is 9.50 Å². The Bertz CT molecular complexity index is 604. The van der Waals surface area contributed by atoms with Crippen LogP contribution in [0, 0.1) is 5.82 Å². The van der Waals surface area contributed by atoms with E-state index in [4.69, 9.17) is 22.1 Å². The molecule has 0 fully saturated rings. The molecule has 100 valence electrons. The van der Waals surface area contributed by atoms with Crippen molar-refractivity contribution in [2.45, 2.75) is 13.0 Å². The van der Waals surface area contributed by atoms with E-state index in [0.29, 0.717) is 11.5 Å². The van der Waals surface area contributed by atoms with Crippen LogP contribution in [0.1, 0.15) is 18.5 Å². The number of hydrogen-bond donors (Lipinski definition) is 1. The maximum Gasteiger partial charge on any atom is 0.146 e. The number of ether oxygens (including phenoxy) is 1. The van der Waals surface area contributed by atoms with E-state index < -0.39 is 5.82 Å². The molecule has 19 heavy (non-hydrogen) atoms. The van der Waals surface area contributed by atoms with Crippen molar-refractivity contribution in [1.29, 1.82) is 0 Å². The molecule has 0 aliphatic rings. The molecule has 1 atom stereocenters. The third-order valence-corrected chi connectivity index (χ3v) is 3.51. The molecular weight excluding hydrogens is 333 g/mol. The van der Waals surface area contributed by atoms with Crippen molar-refractivity contribution in [3.63, 3.8) is 0 Å². The predicted octanol–water partition coefficient (Wildman–Crippen LogP) is 5.05. The van der Waals surface area contributed by atoms with Gasteiger partial charge < -0.3 is 10.5 Å². The normalized spacial score (nSPS) is 12.3. The maximum absolute atomic E-state index is 12.9. The topological polar surface area (TPSA) is 35.2 Å². The molecule has 5 heteroatoms. The molecule has 0 spiro atoms. The van der Waals surface area contributed by atoms with Gasteiger partial charge in [-0.25, -0.2) is 4.39 Å². The quantitative estimate of drug-likeness (QED) is 0.845. The SMILES string of the molecule is C[C@@H](N)c1ccc(Oc2ccc(F)cc2Cl)c(Br)c1. The summed E-state index contributed by atoms with van der Waals surface area (Å²) < 4.78 is 19.4. The number of benzene rings is 2. The number of hydrogen-bond acceptors (Lipinski definition) is 2. The molecule has 0 radical (unpaired) electrons. The van der Waals surface area contributed by atoms with Gasteiger partial charge in [-0.3, -0.25) is 0 Å². The zero-order valence-corrected chi connectivity index (χ0v) is 12.5. The Kier molecular flexibility index (Phi) is 4.45. The Labute approximate surface area is 124 Å². The predicted molar refractivity (Wildman–Crippen MR) is 78.2 cm³/mol. The summed E-state index contributed by atoms with van der Waals surface area (Å²) in [6.45, 7) is 1.90. The largest absolute Gasteiger partial charge is 0.455 e. The van der Waals surface area contributed by atoms with E-state index in [1.807, 2.05) is 19.1 Å². The molecule has 0 amide bonds. The molecule has 2 aromatic rings. The average Bonchev–Trinajstić information content (AvgIpc) is 2.34. The van der Waals surface area contributed by atoms with Crippen LogP contribution in [-0.4, -0.2) is 0 Å². The fraction of sp³-hybridized carbons (Fsp3) is 0.143. The van der Waals surface area contributed by atoms with Crippen molar-refractivity contribution in [3.05, 3.63) is 57.3 Å². The van der Waals surface area contributed by atoms with Crippen LogP contribution in [0.25, 0.3) is 0 Å². The summed E-state index contributed by atoms with van der Waals surface area (Å²) in [6, 6.07) is 9.50. The second kappa shape index (κ2) is 5.90. The first-order valence-corrected chi connectivity index (χ1v) is 6.82. The molecule has 0 aromatic heterocycles. The Balaban J connectivity index is 2.28. The summed E-state index contributed by atoms with van der Waals surface area (Å²) in [5, 5.41) is 0.225. The first-order valence-electron chi connectivity index (χ1n) is 5.65. The highest BCUT2D eigenvalue weighted by atomic mass is 79.9. The van der Waals surface area contributed by atoms with Crippen LogP contribution in [0.2, 0.25) is 5.02 Å². The standard InChI is InChI=1S/C14H12BrClFNO/c1-8(18)9-2-4-13(11(15)6-9)19-14-5-3-10(17)7-12(14)16/h2-8H,18H2,1H3/t8-/m1/s1. The van der Waals surface area contributed by atoms with Gasteiger partial charge in [0.2, 0.25) is 0 Å². The molecule has 2 rings (SSSR count). The Morgan fingerprint density at radius 2 is 1.89 bits per heavy atom. The zero-order valence-electron chi connectivity index (χ0n) is 10.2. The lowest BCUT2D eigenvalue weighted by atomic mass is 10.1. The highest BCUT2D eigenvalue weighted by Gasteiger charge is 2.09. The molecule has 0 saturated heterocycles. The van der Waals surface area contributed by atoms with Crippen molar-refractivity contribution >= 4 is 27.5 Å². The molecule has 0 saturated carbocycles. The molecule has 0 heterocycles. The van der Waals surface area contributed by atoms with Gasteiger partial charge in [0.25, 0.3) is 0 Å². The molecule has 0 aliphatic heterocycles. The summed E-state index contributed by atoms with van der Waals surface area (Å²) >= 11 is 9.33. The molecule has 0 aliphatic carbocycles. The van der Waals surface area contributed by atoms with E-state index in [9.17, 15) is 4.39 Å². The number of halogens is 3. The van der Waals surface area contributed by atoms with E-state index >= 15 is 0 Å². The van der Waals surface area contributed by atoms with Gasteiger partial charge in [-0.15, -0.1) is 0 Å². The van der Waals surface area contributed by atoms with Crippen LogP contribution >= 0.6 is 27.5 Å². The smallest absolute Gasteiger partial charge is 0.146 e. The van der Waals surface area contributed by atoms with Gasteiger partial charge in [-0.2, -0.15) is 0 Å². The maximum atomic E-state index is 12.9. The second-order valence-corrected chi connectivity index (χ2v) is 5.42. The zero-order chi connectivity index (χ0) is 14.0. The Hall–Kier alpha value is -1.10. The van der Waals surface area contributed by atoms with Crippen LogP contribution in [0.4, 0.5) is 4.39 Å². The van der Waals surface area contributed by atoms with Gasteiger partial charge in [0.15, 0.2) is 0 Å². The third-order valence-electron chi connectivity index (χ3n) is 2.60. The first kappa shape index (κ1) is 14.3. The molecule has 2 aromatic carbocycles. The number of nitrogens with two attached hydrogens (primary N) is 1. The van der Waals surface area contributed by atoms with Crippen molar-refractivity contribution in [2.24, 2.45) is 5.73 Å². The van der Waals surface area contributed by atoms with E-state index in [2.05, 4.69) is 15.9 Å². The van der Waals surface area contributed by atoms with Gasteiger partial charge in [-0.1, -0.05) is 17.7 Å². The highest BCUT2D eigenvalue weighted by Crippen LogP contribution is 2.35. The lowest BCUT2D eigenvalue weighted by molar-refractivity contribution is 0.477. The molecule has 2 nitrogen and oxygen atoms in total. The second-order valence-electron chi connectivity index (χ2n) is 4.16. The van der Waals surface area contributed by atoms with Gasteiger partial charge >= 0.3 is 0 Å². The average molecular weight is 345 g/mol. The van der Waals surface area contributed by atoms with Gasteiger partial charge in [0, 0.05) is 6.04 Å². The minimum Gasteiger partial charge on any atom is -0.455 e. The highest BCUT2D eigenvalue weighted by molar-refractivity contribution is 9.10. The monoisotopic (exact) mass is 343 g/mol. The minimum absolute atomic E-state index is 0.0558. The summed E-state index contributed by atoms with van der Waals surface area (Å²) in [6.07, 6.45) is 0. The molecule has 0 unspecified atom stereocenters. The van der Waals surface area contributed by atoms with Crippen LogP contribution in [0.15, 0.2) is 40.9 Å². The molecule has 0 bridgehead atoms. The van der Waals surface area contributed by atoms with E-state index in [1.165, 1.54) is 18.2 Å². The third kappa shape index (κ3) is 3.47. The van der Waals surface area contributed by atoms with Crippen LogP contribution in [-0.2, 0) is 0 Å². The minimum atomic E-state index is -0.399. The van der Waals surface area contributed by atoms with Crippen molar-refractivity contribution in [1.82, 2.24) is 0 Å². The van der Waals surface area contributed by atoms with E-state index in [0.717, 1.165) is 10.0 Å². The van der Waals surface area contributed by atoms with Gasteiger partial charge in [-0.05, 0) is 58.7 Å². The van der Waals surface area contributed by atoms with Crippen LogP contribution in [0.3, 0.4) is 0 Å². The Morgan fingerprint density at radius 3 is 2.47 bits per heavy atom. The molecule has 2 N–H and O–H groups in total. The lowest BCUT2D eigenvalue weighted by Crippen LogP contribution is -2.04. The fourth-order valence-corrected chi connectivity index (χ4v) is 2.24. The molecular formula is C14H12BrClFNO. The Morgan fingerprint density at radius 1 is 1.21 bits per heavy atom. The van der Waals surface area contributed by atoms with Crippen LogP contribution in [0.5, 0.6) is 11.5 Å². The summed E-state index contributed by atoms with van der Waals surface area (Å²) in [5.74, 6) is 0.596.